The number of nitrogen functional groups attached to an aromatic ring is 1. The Labute approximate surface area is 108 Å². The zero-order valence-corrected chi connectivity index (χ0v) is 10.7. The van der Waals surface area contributed by atoms with E-state index >= 15 is 0 Å². The lowest BCUT2D eigenvalue weighted by Crippen LogP contribution is -2.21. The van der Waals surface area contributed by atoms with Crippen molar-refractivity contribution < 1.29 is 0 Å². The SMILES string of the molecule is CN(CCc1ccccc1N)Cc1cccnc1. The molecule has 0 aliphatic heterocycles. The summed E-state index contributed by atoms with van der Waals surface area (Å²) in [5, 5.41) is 0. The molecule has 0 radical (unpaired) electrons. The summed E-state index contributed by atoms with van der Waals surface area (Å²) in [6.45, 7) is 1.91. The van der Waals surface area contributed by atoms with Crippen molar-refractivity contribution in [3.05, 3.63) is 59.9 Å². The summed E-state index contributed by atoms with van der Waals surface area (Å²) >= 11 is 0. The van der Waals surface area contributed by atoms with E-state index in [1.165, 1.54) is 11.1 Å². The van der Waals surface area contributed by atoms with Crippen molar-refractivity contribution in [3.8, 4) is 0 Å². The molecule has 3 nitrogen and oxygen atoms in total. The molecule has 1 heterocycles. The Bertz CT molecular complexity index is 482. The minimum atomic E-state index is 0.882. The highest BCUT2D eigenvalue weighted by atomic mass is 15.1. The molecule has 1 aromatic heterocycles. The molecule has 0 amide bonds. The van der Waals surface area contributed by atoms with Crippen molar-refractivity contribution in [1.29, 1.82) is 0 Å². The standard InChI is InChI=1S/C15H19N3/c1-18(12-13-5-4-9-17-11-13)10-8-14-6-2-3-7-15(14)16/h2-7,9,11H,8,10,12,16H2,1H3. The van der Waals surface area contributed by atoms with Gasteiger partial charge in [-0.15, -0.1) is 0 Å². The molecule has 0 atom stereocenters. The summed E-state index contributed by atoms with van der Waals surface area (Å²) in [7, 11) is 2.12. The molecule has 0 spiro atoms. The molecule has 18 heavy (non-hydrogen) atoms. The van der Waals surface area contributed by atoms with Gasteiger partial charge in [-0.1, -0.05) is 24.3 Å². The van der Waals surface area contributed by atoms with Crippen molar-refractivity contribution in [2.75, 3.05) is 19.3 Å². The van der Waals surface area contributed by atoms with Crippen molar-refractivity contribution in [1.82, 2.24) is 9.88 Å². The smallest absolute Gasteiger partial charge is 0.0347 e. The number of hydrogen-bond acceptors (Lipinski definition) is 3. The molecule has 94 valence electrons. The van der Waals surface area contributed by atoms with Crippen LogP contribution in [-0.4, -0.2) is 23.5 Å². The number of benzene rings is 1. The molecule has 2 N–H and O–H groups in total. The third kappa shape index (κ3) is 3.57. The molecule has 0 aliphatic carbocycles. The van der Waals surface area contributed by atoms with Gasteiger partial charge in [-0.25, -0.2) is 0 Å². The minimum absolute atomic E-state index is 0.882. The fourth-order valence-corrected chi connectivity index (χ4v) is 1.96. The molecule has 2 aromatic rings. The quantitative estimate of drug-likeness (QED) is 0.817. The van der Waals surface area contributed by atoms with Crippen LogP contribution < -0.4 is 5.73 Å². The third-order valence-corrected chi connectivity index (χ3v) is 2.99. The number of pyridine rings is 1. The molecule has 1 aromatic carbocycles. The second kappa shape index (κ2) is 6.17. The number of likely N-dealkylation sites (N-methyl/N-ethyl adjacent to an activating group) is 1. The maximum atomic E-state index is 5.93. The highest BCUT2D eigenvalue weighted by Crippen LogP contribution is 2.12. The first-order valence-electron chi connectivity index (χ1n) is 6.16. The van der Waals surface area contributed by atoms with Gasteiger partial charge in [-0.2, -0.15) is 0 Å². The second-order valence-corrected chi connectivity index (χ2v) is 4.55. The number of aromatic nitrogens is 1. The lowest BCUT2D eigenvalue weighted by atomic mass is 10.1. The van der Waals surface area contributed by atoms with Crippen LogP contribution in [0.2, 0.25) is 0 Å². The minimum Gasteiger partial charge on any atom is -0.399 e. The van der Waals surface area contributed by atoms with Crippen molar-refractivity contribution in [2.24, 2.45) is 0 Å². The van der Waals surface area contributed by atoms with Crippen LogP contribution in [0.15, 0.2) is 48.8 Å². The van der Waals surface area contributed by atoms with Gasteiger partial charge in [0.2, 0.25) is 0 Å². The fraction of sp³-hybridized carbons (Fsp3) is 0.267. The largest absolute Gasteiger partial charge is 0.399 e. The zero-order chi connectivity index (χ0) is 12.8. The Hall–Kier alpha value is -1.87. The van der Waals surface area contributed by atoms with E-state index in [2.05, 4.69) is 29.1 Å². The van der Waals surface area contributed by atoms with Crippen LogP contribution in [0.4, 0.5) is 5.69 Å². The highest BCUT2D eigenvalue weighted by molar-refractivity contribution is 5.46. The Morgan fingerprint density at radius 1 is 1.17 bits per heavy atom. The lowest BCUT2D eigenvalue weighted by molar-refractivity contribution is 0.331. The average molecular weight is 241 g/mol. The first-order valence-corrected chi connectivity index (χ1v) is 6.16. The highest BCUT2D eigenvalue weighted by Gasteiger charge is 2.02. The van der Waals surface area contributed by atoms with Crippen LogP contribution in [0, 0.1) is 0 Å². The lowest BCUT2D eigenvalue weighted by Gasteiger charge is -2.17. The Morgan fingerprint density at radius 2 is 2.00 bits per heavy atom. The molecule has 0 saturated carbocycles. The van der Waals surface area contributed by atoms with E-state index in [9.17, 15) is 0 Å². The maximum Gasteiger partial charge on any atom is 0.0347 e. The van der Waals surface area contributed by atoms with Gasteiger partial charge in [0.1, 0.15) is 0 Å². The number of rotatable bonds is 5. The van der Waals surface area contributed by atoms with E-state index in [1.54, 1.807) is 6.20 Å². The van der Waals surface area contributed by atoms with Gasteiger partial charge in [0.05, 0.1) is 0 Å². The summed E-state index contributed by atoms with van der Waals surface area (Å²) in [4.78, 5) is 6.40. The Morgan fingerprint density at radius 3 is 2.72 bits per heavy atom. The second-order valence-electron chi connectivity index (χ2n) is 4.55. The van der Waals surface area contributed by atoms with E-state index in [0.29, 0.717) is 0 Å². The topological polar surface area (TPSA) is 42.1 Å². The summed E-state index contributed by atoms with van der Waals surface area (Å²) in [6, 6.07) is 12.1. The monoisotopic (exact) mass is 241 g/mol. The summed E-state index contributed by atoms with van der Waals surface area (Å²) in [5.74, 6) is 0. The van der Waals surface area contributed by atoms with Gasteiger partial charge >= 0.3 is 0 Å². The number of para-hydroxylation sites is 1. The van der Waals surface area contributed by atoms with E-state index in [4.69, 9.17) is 5.73 Å². The van der Waals surface area contributed by atoms with Crippen LogP contribution >= 0.6 is 0 Å². The van der Waals surface area contributed by atoms with Crippen LogP contribution in [-0.2, 0) is 13.0 Å². The Balaban J connectivity index is 1.86. The molecule has 0 bridgehead atoms. The van der Waals surface area contributed by atoms with E-state index < -0.39 is 0 Å². The van der Waals surface area contributed by atoms with Crippen molar-refractivity contribution in [2.45, 2.75) is 13.0 Å². The van der Waals surface area contributed by atoms with Crippen LogP contribution in [0.1, 0.15) is 11.1 Å². The summed E-state index contributed by atoms with van der Waals surface area (Å²) < 4.78 is 0. The van der Waals surface area contributed by atoms with E-state index in [1.807, 2.05) is 30.5 Å². The first-order chi connectivity index (χ1) is 8.75. The predicted octanol–water partition coefficient (Wildman–Crippen LogP) is 2.34. The molecule has 0 saturated heterocycles. The fourth-order valence-electron chi connectivity index (χ4n) is 1.96. The van der Waals surface area contributed by atoms with Crippen molar-refractivity contribution >= 4 is 5.69 Å². The number of nitrogens with zero attached hydrogens (tertiary/aromatic N) is 2. The first kappa shape index (κ1) is 12.6. The van der Waals surface area contributed by atoms with Crippen molar-refractivity contribution in [3.63, 3.8) is 0 Å². The molecular weight excluding hydrogens is 222 g/mol. The number of anilines is 1. The van der Waals surface area contributed by atoms with Gasteiger partial charge in [0.15, 0.2) is 0 Å². The van der Waals surface area contributed by atoms with Crippen LogP contribution in [0.5, 0.6) is 0 Å². The maximum absolute atomic E-state index is 5.93. The van der Waals surface area contributed by atoms with E-state index in [0.717, 1.165) is 25.2 Å². The third-order valence-electron chi connectivity index (χ3n) is 2.99. The van der Waals surface area contributed by atoms with Crippen LogP contribution in [0.3, 0.4) is 0 Å². The average Bonchev–Trinajstić information content (AvgIpc) is 2.39. The van der Waals surface area contributed by atoms with Gasteiger partial charge in [-0.3, -0.25) is 4.98 Å². The predicted molar refractivity (Wildman–Crippen MR) is 75.1 cm³/mol. The molecule has 2 rings (SSSR count). The molecule has 3 heteroatoms. The molecule has 0 unspecified atom stereocenters. The molecular formula is C15H19N3. The summed E-state index contributed by atoms with van der Waals surface area (Å²) in [5.41, 5.74) is 9.27. The van der Waals surface area contributed by atoms with E-state index in [-0.39, 0.29) is 0 Å². The Kier molecular flexibility index (Phi) is 4.31. The van der Waals surface area contributed by atoms with Crippen LogP contribution in [0.25, 0.3) is 0 Å². The normalized spacial score (nSPS) is 10.8. The number of hydrogen-bond donors (Lipinski definition) is 1. The summed E-state index contributed by atoms with van der Waals surface area (Å²) in [6.07, 6.45) is 4.69. The zero-order valence-electron chi connectivity index (χ0n) is 10.7. The van der Waals surface area contributed by atoms with Gasteiger partial charge in [-0.05, 0) is 36.7 Å². The van der Waals surface area contributed by atoms with Gasteiger partial charge < -0.3 is 10.6 Å². The molecule has 0 aliphatic rings. The molecule has 0 fully saturated rings. The van der Waals surface area contributed by atoms with Gasteiger partial charge in [0, 0.05) is 31.2 Å². The number of nitrogens with two attached hydrogens (primary N) is 1. The van der Waals surface area contributed by atoms with Gasteiger partial charge in [0.25, 0.3) is 0 Å².